The fourth-order valence-corrected chi connectivity index (χ4v) is 1.35. The number of nitrogens with two attached hydrogens (primary N) is 2. The molecule has 0 fully saturated rings. The third-order valence-electron chi connectivity index (χ3n) is 2.50. The smallest absolute Gasteiger partial charge is 0.335 e. The standard InChI is InChI=1S/C12H16N4O4/c13-9(5-6-10(14)17)11(18)16-15-8-3-1-7(2-4-8)12(19)20/h1-4,9,15H,5-6,13H2,(H2,14,17)(H,16,18)(H,19,20)/t9-/m0/s1. The van der Waals surface area contributed by atoms with E-state index in [1.54, 1.807) is 0 Å². The van der Waals surface area contributed by atoms with Crippen LogP contribution in [0.1, 0.15) is 23.2 Å². The lowest BCUT2D eigenvalue weighted by atomic mass is 10.1. The van der Waals surface area contributed by atoms with Crippen molar-refractivity contribution in [3.63, 3.8) is 0 Å². The van der Waals surface area contributed by atoms with E-state index in [4.69, 9.17) is 16.6 Å². The predicted octanol–water partition coefficient (Wildman–Crippen LogP) is -0.579. The summed E-state index contributed by atoms with van der Waals surface area (Å²) < 4.78 is 0. The van der Waals surface area contributed by atoms with Crippen molar-refractivity contribution in [2.45, 2.75) is 18.9 Å². The van der Waals surface area contributed by atoms with E-state index in [1.165, 1.54) is 24.3 Å². The molecule has 0 aliphatic heterocycles. The maximum atomic E-state index is 11.6. The van der Waals surface area contributed by atoms with E-state index in [2.05, 4.69) is 10.9 Å². The van der Waals surface area contributed by atoms with Gasteiger partial charge < -0.3 is 16.6 Å². The van der Waals surface area contributed by atoms with Gasteiger partial charge in [-0.1, -0.05) is 0 Å². The Hall–Kier alpha value is -2.61. The number of carboxylic acid groups (broad SMARTS) is 1. The summed E-state index contributed by atoms with van der Waals surface area (Å²) in [6.45, 7) is 0. The zero-order valence-electron chi connectivity index (χ0n) is 10.6. The Bertz CT molecular complexity index is 501. The SMILES string of the molecule is NC(=O)CC[C@H](N)C(=O)NNc1ccc(C(=O)O)cc1. The van der Waals surface area contributed by atoms with Crippen LogP contribution in [0.5, 0.6) is 0 Å². The third kappa shape index (κ3) is 4.94. The lowest BCUT2D eigenvalue weighted by Gasteiger charge is -2.13. The number of hydrazine groups is 1. The molecule has 0 radical (unpaired) electrons. The lowest BCUT2D eigenvalue weighted by molar-refractivity contribution is -0.122. The number of amides is 2. The van der Waals surface area contributed by atoms with E-state index in [1.807, 2.05) is 0 Å². The van der Waals surface area contributed by atoms with Gasteiger partial charge in [0.1, 0.15) is 0 Å². The molecule has 1 aromatic carbocycles. The molecule has 1 atom stereocenters. The van der Waals surface area contributed by atoms with Crippen LogP contribution in [0, 0.1) is 0 Å². The Labute approximate surface area is 115 Å². The number of rotatable bonds is 7. The zero-order valence-corrected chi connectivity index (χ0v) is 10.6. The summed E-state index contributed by atoms with van der Waals surface area (Å²) in [7, 11) is 0. The molecule has 2 amide bonds. The normalized spacial score (nSPS) is 11.4. The number of benzene rings is 1. The Balaban J connectivity index is 2.44. The van der Waals surface area contributed by atoms with Crippen LogP contribution in [-0.2, 0) is 9.59 Å². The molecule has 20 heavy (non-hydrogen) atoms. The molecule has 0 unspecified atom stereocenters. The number of carbonyl (C=O) groups excluding carboxylic acids is 2. The Morgan fingerprint density at radius 1 is 1.20 bits per heavy atom. The number of hydrogen-bond acceptors (Lipinski definition) is 5. The van der Waals surface area contributed by atoms with Gasteiger partial charge in [-0.2, -0.15) is 0 Å². The Morgan fingerprint density at radius 3 is 2.30 bits per heavy atom. The lowest BCUT2D eigenvalue weighted by Crippen LogP contribution is -2.43. The van der Waals surface area contributed by atoms with Crippen LogP contribution >= 0.6 is 0 Å². The molecule has 0 heterocycles. The summed E-state index contributed by atoms with van der Waals surface area (Å²) in [4.78, 5) is 32.8. The Morgan fingerprint density at radius 2 is 1.80 bits per heavy atom. The molecule has 8 nitrogen and oxygen atoms in total. The first-order valence-corrected chi connectivity index (χ1v) is 5.83. The van der Waals surface area contributed by atoms with Crippen molar-refractivity contribution < 1.29 is 19.5 Å². The molecule has 0 saturated heterocycles. The first-order chi connectivity index (χ1) is 9.40. The van der Waals surface area contributed by atoms with E-state index in [0.29, 0.717) is 5.69 Å². The van der Waals surface area contributed by atoms with Crippen LogP contribution in [0.15, 0.2) is 24.3 Å². The molecule has 0 aromatic heterocycles. The van der Waals surface area contributed by atoms with Crippen LogP contribution < -0.4 is 22.3 Å². The second-order valence-corrected chi connectivity index (χ2v) is 4.11. The molecular weight excluding hydrogens is 264 g/mol. The van der Waals surface area contributed by atoms with Gasteiger partial charge in [0.15, 0.2) is 0 Å². The minimum absolute atomic E-state index is 0.0297. The predicted molar refractivity (Wildman–Crippen MR) is 71.6 cm³/mol. The van der Waals surface area contributed by atoms with Crippen LogP contribution in [-0.4, -0.2) is 28.9 Å². The van der Waals surface area contributed by atoms with Gasteiger partial charge in [0, 0.05) is 6.42 Å². The topological polar surface area (TPSA) is 148 Å². The molecule has 0 aliphatic rings. The van der Waals surface area contributed by atoms with Gasteiger partial charge in [-0.05, 0) is 30.7 Å². The van der Waals surface area contributed by atoms with Crippen LogP contribution in [0.2, 0.25) is 0 Å². The van der Waals surface area contributed by atoms with Gasteiger partial charge in [0.05, 0.1) is 17.3 Å². The van der Waals surface area contributed by atoms with Crippen molar-refractivity contribution >= 4 is 23.5 Å². The number of anilines is 1. The number of carboxylic acids is 1. The second kappa shape index (κ2) is 7.10. The van der Waals surface area contributed by atoms with Crippen molar-refractivity contribution in [2.75, 3.05) is 5.43 Å². The number of aromatic carboxylic acids is 1. The minimum atomic E-state index is -1.03. The summed E-state index contributed by atoms with van der Waals surface area (Å²) in [5, 5.41) is 8.73. The summed E-state index contributed by atoms with van der Waals surface area (Å²) in [5.41, 5.74) is 16.1. The van der Waals surface area contributed by atoms with Gasteiger partial charge in [-0.3, -0.25) is 20.4 Å². The van der Waals surface area contributed by atoms with Crippen molar-refractivity contribution in [3.05, 3.63) is 29.8 Å². The molecule has 1 rings (SSSR count). The summed E-state index contributed by atoms with van der Waals surface area (Å²) in [6, 6.07) is 4.93. The monoisotopic (exact) mass is 280 g/mol. The second-order valence-electron chi connectivity index (χ2n) is 4.11. The van der Waals surface area contributed by atoms with Crippen LogP contribution in [0.25, 0.3) is 0 Å². The molecule has 7 N–H and O–H groups in total. The van der Waals surface area contributed by atoms with E-state index in [9.17, 15) is 14.4 Å². The highest BCUT2D eigenvalue weighted by molar-refractivity contribution is 5.88. The van der Waals surface area contributed by atoms with Gasteiger partial charge in [-0.15, -0.1) is 0 Å². The van der Waals surface area contributed by atoms with Gasteiger partial charge in [0.25, 0.3) is 5.91 Å². The zero-order chi connectivity index (χ0) is 15.1. The maximum Gasteiger partial charge on any atom is 0.335 e. The molecule has 0 spiro atoms. The number of primary amides is 1. The van der Waals surface area contributed by atoms with Crippen LogP contribution in [0.4, 0.5) is 5.69 Å². The van der Waals surface area contributed by atoms with E-state index >= 15 is 0 Å². The van der Waals surface area contributed by atoms with E-state index in [0.717, 1.165) is 0 Å². The molecule has 0 bridgehead atoms. The highest BCUT2D eigenvalue weighted by atomic mass is 16.4. The largest absolute Gasteiger partial charge is 0.478 e. The molecule has 108 valence electrons. The van der Waals surface area contributed by atoms with Gasteiger partial charge in [-0.25, -0.2) is 4.79 Å². The fraction of sp³-hybridized carbons (Fsp3) is 0.250. The molecule has 8 heteroatoms. The summed E-state index contributed by atoms with van der Waals surface area (Å²) >= 11 is 0. The van der Waals surface area contributed by atoms with E-state index < -0.39 is 23.8 Å². The molecule has 1 aromatic rings. The van der Waals surface area contributed by atoms with Crippen molar-refractivity contribution in [1.29, 1.82) is 0 Å². The molecular formula is C12H16N4O4. The van der Waals surface area contributed by atoms with Gasteiger partial charge >= 0.3 is 5.97 Å². The molecule has 0 aliphatic carbocycles. The number of nitrogens with one attached hydrogen (secondary N) is 2. The average molecular weight is 280 g/mol. The molecule has 0 saturated carbocycles. The highest BCUT2D eigenvalue weighted by Gasteiger charge is 2.13. The van der Waals surface area contributed by atoms with E-state index in [-0.39, 0.29) is 18.4 Å². The first kappa shape index (κ1) is 15.4. The van der Waals surface area contributed by atoms with Crippen molar-refractivity contribution in [2.24, 2.45) is 11.5 Å². The number of hydrogen-bond donors (Lipinski definition) is 5. The quantitative estimate of drug-likeness (QED) is 0.422. The van der Waals surface area contributed by atoms with Crippen molar-refractivity contribution in [3.8, 4) is 0 Å². The van der Waals surface area contributed by atoms with Gasteiger partial charge in [0.2, 0.25) is 5.91 Å². The Kier molecular flexibility index (Phi) is 5.48. The third-order valence-corrected chi connectivity index (χ3v) is 2.50. The van der Waals surface area contributed by atoms with Crippen LogP contribution in [0.3, 0.4) is 0 Å². The minimum Gasteiger partial charge on any atom is -0.478 e. The summed E-state index contributed by atoms with van der Waals surface area (Å²) in [5.74, 6) is -2.05. The maximum absolute atomic E-state index is 11.6. The number of carbonyl (C=O) groups is 3. The summed E-state index contributed by atoms with van der Waals surface area (Å²) in [6.07, 6.45) is 0.183. The fourth-order valence-electron chi connectivity index (χ4n) is 1.35. The first-order valence-electron chi connectivity index (χ1n) is 5.83. The average Bonchev–Trinajstić information content (AvgIpc) is 2.42. The van der Waals surface area contributed by atoms with Crippen molar-refractivity contribution in [1.82, 2.24) is 5.43 Å². The highest BCUT2D eigenvalue weighted by Crippen LogP contribution is 2.08.